The molecule has 2 aromatic carbocycles. The van der Waals surface area contributed by atoms with Gasteiger partial charge in [0.15, 0.2) is 0 Å². The van der Waals surface area contributed by atoms with Crippen molar-refractivity contribution in [1.29, 1.82) is 0 Å². The van der Waals surface area contributed by atoms with Gasteiger partial charge in [-0.2, -0.15) is 4.31 Å². The number of rotatable bonds is 4. The first-order valence-electron chi connectivity index (χ1n) is 8.52. The van der Waals surface area contributed by atoms with Crippen LogP contribution in [0.15, 0.2) is 51.8 Å². The molecule has 8 heteroatoms. The second-order valence-corrected chi connectivity index (χ2v) is 9.21. The summed E-state index contributed by atoms with van der Waals surface area (Å²) in [5.41, 5.74) is 1.47. The average Bonchev–Trinajstić information content (AvgIpc) is 2.67. The lowest BCUT2D eigenvalue weighted by Gasteiger charge is -2.34. The van der Waals surface area contributed by atoms with Crippen LogP contribution in [-0.4, -0.2) is 56.8 Å². The van der Waals surface area contributed by atoms with E-state index in [2.05, 4.69) is 15.9 Å². The summed E-state index contributed by atoms with van der Waals surface area (Å²) >= 11 is 3.30. The monoisotopic (exact) mass is 452 g/mol. The summed E-state index contributed by atoms with van der Waals surface area (Å²) in [4.78, 5) is 14.8. The largest absolute Gasteiger partial charge is 0.496 e. The molecule has 0 bridgehead atoms. The first-order valence-corrected chi connectivity index (χ1v) is 10.8. The fourth-order valence-corrected chi connectivity index (χ4v) is 5.09. The number of amides is 1. The van der Waals surface area contributed by atoms with E-state index in [0.717, 1.165) is 5.56 Å². The molecule has 1 fully saturated rings. The van der Waals surface area contributed by atoms with Crippen LogP contribution in [0.25, 0.3) is 0 Å². The van der Waals surface area contributed by atoms with E-state index in [1.165, 1.54) is 11.4 Å². The van der Waals surface area contributed by atoms with Crippen molar-refractivity contribution in [2.24, 2.45) is 0 Å². The van der Waals surface area contributed by atoms with Crippen molar-refractivity contribution >= 4 is 31.9 Å². The van der Waals surface area contributed by atoms with Crippen molar-refractivity contribution in [1.82, 2.24) is 9.21 Å². The highest BCUT2D eigenvalue weighted by Gasteiger charge is 2.31. The van der Waals surface area contributed by atoms with Gasteiger partial charge in [-0.3, -0.25) is 4.79 Å². The van der Waals surface area contributed by atoms with Crippen molar-refractivity contribution in [3.63, 3.8) is 0 Å². The standard InChI is InChI=1S/C19H21BrN2O4S/c1-14-6-7-18(26-2)17(12-14)19(23)21-8-10-22(11-9-21)27(24,25)16-5-3-4-15(20)13-16/h3-7,12-13H,8-11H2,1-2H3. The Morgan fingerprint density at radius 3 is 2.41 bits per heavy atom. The Hall–Kier alpha value is -1.90. The summed E-state index contributed by atoms with van der Waals surface area (Å²) in [6.07, 6.45) is 0. The summed E-state index contributed by atoms with van der Waals surface area (Å²) in [5, 5.41) is 0. The maximum absolute atomic E-state index is 12.9. The molecule has 0 unspecified atom stereocenters. The number of carbonyl (C=O) groups excluding carboxylic acids is 1. The number of aryl methyl sites for hydroxylation is 1. The zero-order valence-corrected chi connectivity index (χ0v) is 17.6. The van der Waals surface area contributed by atoms with E-state index >= 15 is 0 Å². The van der Waals surface area contributed by atoms with Crippen LogP contribution in [0.4, 0.5) is 0 Å². The number of sulfonamides is 1. The van der Waals surface area contributed by atoms with Gasteiger partial charge in [-0.1, -0.05) is 33.6 Å². The van der Waals surface area contributed by atoms with E-state index in [1.54, 1.807) is 41.3 Å². The number of methoxy groups -OCH3 is 1. The highest BCUT2D eigenvalue weighted by atomic mass is 79.9. The van der Waals surface area contributed by atoms with Gasteiger partial charge < -0.3 is 9.64 Å². The number of nitrogens with zero attached hydrogens (tertiary/aromatic N) is 2. The Balaban J connectivity index is 1.74. The van der Waals surface area contributed by atoms with Gasteiger partial charge in [0.2, 0.25) is 10.0 Å². The molecule has 0 atom stereocenters. The normalized spacial score (nSPS) is 15.6. The molecular weight excluding hydrogens is 432 g/mol. The number of hydrogen-bond acceptors (Lipinski definition) is 4. The summed E-state index contributed by atoms with van der Waals surface area (Å²) in [6.45, 7) is 3.11. The molecule has 0 radical (unpaired) electrons. The second-order valence-electron chi connectivity index (χ2n) is 6.36. The molecule has 2 aromatic rings. The van der Waals surface area contributed by atoms with E-state index in [0.29, 0.717) is 28.9 Å². The van der Waals surface area contributed by atoms with Crippen LogP contribution in [0.3, 0.4) is 0 Å². The van der Waals surface area contributed by atoms with Crippen LogP contribution in [0, 0.1) is 6.92 Å². The second kappa shape index (κ2) is 8.00. The minimum absolute atomic E-state index is 0.143. The van der Waals surface area contributed by atoms with Gasteiger partial charge in [0.25, 0.3) is 5.91 Å². The zero-order valence-electron chi connectivity index (χ0n) is 15.2. The minimum atomic E-state index is -3.58. The summed E-state index contributed by atoms with van der Waals surface area (Å²) in [6, 6.07) is 12.1. The van der Waals surface area contributed by atoms with Crippen LogP contribution in [0.1, 0.15) is 15.9 Å². The van der Waals surface area contributed by atoms with Crippen molar-refractivity contribution < 1.29 is 17.9 Å². The lowest BCUT2D eigenvalue weighted by molar-refractivity contribution is 0.0694. The van der Waals surface area contributed by atoms with Crippen molar-refractivity contribution in [3.8, 4) is 5.75 Å². The van der Waals surface area contributed by atoms with Gasteiger partial charge in [-0.15, -0.1) is 0 Å². The van der Waals surface area contributed by atoms with E-state index in [9.17, 15) is 13.2 Å². The molecule has 1 saturated heterocycles. The number of benzene rings is 2. The lowest BCUT2D eigenvalue weighted by atomic mass is 10.1. The SMILES string of the molecule is COc1ccc(C)cc1C(=O)N1CCN(S(=O)(=O)c2cccc(Br)c2)CC1. The molecule has 1 aliphatic rings. The molecule has 144 valence electrons. The molecule has 0 aromatic heterocycles. The highest BCUT2D eigenvalue weighted by Crippen LogP contribution is 2.24. The van der Waals surface area contributed by atoms with Gasteiger partial charge in [-0.25, -0.2) is 8.42 Å². The molecule has 0 aliphatic carbocycles. The number of carbonyl (C=O) groups is 1. The van der Waals surface area contributed by atoms with Crippen molar-refractivity contribution in [2.45, 2.75) is 11.8 Å². The number of hydrogen-bond donors (Lipinski definition) is 0. The van der Waals surface area contributed by atoms with Gasteiger partial charge in [0.05, 0.1) is 17.6 Å². The van der Waals surface area contributed by atoms with Gasteiger partial charge in [0, 0.05) is 30.7 Å². The smallest absolute Gasteiger partial charge is 0.257 e. The predicted octanol–water partition coefficient (Wildman–Crippen LogP) is 2.91. The molecule has 6 nitrogen and oxygen atoms in total. The maximum Gasteiger partial charge on any atom is 0.257 e. The average molecular weight is 453 g/mol. The van der Waals surface area contributed by atoms with Gasteiger partial charge in [-0.05, 0) is 37.3 Å². The quantitative estimate of drug-likeness (QED) is 0.714. The molecule has 1 amide bonds. The lowest BCUT2D eigenvalue weighted by Crippen LogP contribution is -2.50. The minimum Gasteiger partial charge on any atom is -0.496 e. The van der Waals surface area contributed by atoms with E-state index < -0.39 is 10.0 Å². The molecule has 3 rings (SSSR count). The Labute approximate surface area is 167 Å². The third kappa shape index (κ3) is 4.17. The number of piperazine rings is 1. The van der Waals surface area contributed by atoms with Crippen LogP contribution in [-0.2, 0) is 10.0 Å². The predicted molar refractivity (Wildman–Crippen MR) is 107 cm³/mol. The molecule has 0 saturated carbocycles. The highest BCUT2D eigenvalue weighted by molar-refractivity contribution is 9.10. The number of ether oxygens (including phenoxy) is 1. The molecule has 1 heterocycles. The van der Waals surface area contributed by atoms with E-state index in [1.807, 2.05) is 13.0 Å². The first-order chi connectivity index (χ1) is 12.8. The summed E-state index contributed by atoms with van der Waals surface area (Å²) in [7, 11) is -2.05. The van der Waals surface area contributed by atoms with Crippen molar-refractivity contribution in [3.05, 3.63) is 58.1 Å². The van der Waals surface area contributed by atoms with Crippen LogP contribution in [0.2, 0.25) is 0 Å². The molecule has 1 aliphatic heterocycles. The van der Waals surface area contributed by atoms with Crippen LogP contribution < -0.4 is 4.74 Å². The fraction of sp³-hybridized carbons (Fsp3) is 0.316. The third-order valence-electron chi connectivity index (χ3n) is 4.55. The Morgan fingerprint density at radius 2 is 1.78 bits per heavy atom. The Kier molecular flexibility index (Phi) is 5.88. The van der Waals surface area contributed by atoms with Crippen LogP contribution in [0.5, 0.6) is 5.75 Å². The first kappa shape index (κ1) is 19.9. The van der Waals surface area contributed by atoms with Gasteiger partial charge in [0.1, 0.15) is 5.75 Å². The fourth-order valence-electron chi connectivity index (χ4n) is 3.07. The maximum atomic E-state index is 12.9. The number of halogens is 1. The summed E-state index contributed by atoms with van der Waals surface area (Å²) < 4.78 is 33.1. The zero-order chi connectivity index (χ0) is 19.6. The molecule has 27 heavy (non-hydrogen) atoms. The summed E-state index contributed by atoms with van der Waals surface area (Å²) in [5.74, 6) is 0.379. The van der Waals surface area contributed by atoms with Crippen LogP contribution >= 0.6 is 15.9 Å². The van der Waals surface area contributed by atoms with E-state index in [-0.39, 0.29) is 23.9 Å². The van der Waals surface area contributed by atoms with E-state index in [4.69, 9.17) is 4.74 Å². The Bertz CT molecular complexity index is 954. The molecular formula is C19H21BrN2O4S. The van der Waals surface area contributed by atoms with Crippen molar-refractivity contribution in [2.75, 3.05) is 33.3 Å². The van der Waals surface area contributed by atoms with Gasteiger partial charge >= 0.3 is 0 Å². The molecule has 0 N–H and O–H groups in total. The topological polar surface area (TPSA) is 66.9 Å². The molecule has 0 spiro atoms. The third-order valence-corrected chi connectivity index (χ3v) is 6.93. The Morgan fingerprint density at radius 1 is 1.07 bits per heavy atom.